The lowest BCUT2D eigenvalue weighted by atomic mass is 10.1. The summed E-state index contributed by atoms with van der Waals surface area (Å²) in [5.74, 6) is -0.454. The maximum Gasteiger partial charge on any atom is 0.315 e. The second-order valence-electron chi connectivity index (χ2n) is 6.63. The van der Waals surface area contributed by atoms with Crippen molar-refractivity contribution in [2.45, 2.75) is 39.3 Å². The van der Waals surface area contributed by atoms with Crippen molar-refractivity contribution in [3.05, 3.63) is 35.6 Å². The number of amides is 4. The Hall–Kier alpha value is -2.64. The fourth-order valence-corrected chi connectivity index (χ4v) is 3.00. The van der Waals surface area contributed by atoms with Crippen LogP contribution in [0.2, 0.25) is 0 Å². The molecule has 1 saturated heterocycles. The van der Waals surface area contributed by atoms with Gasteiger partial charge in [0, 0.05) is 39.6 Å². The molecule has 1 aliphatic rings. The number of carbonyl (C=O) groups excluding carboxylic acids is 3. The minimum atomic E-state index is -0.605. The van der Waals surface area contributed by atoms with E-state index < -0.39 is 12.1 Å². The first-order valence-corrected chi connectivity index (χ1v) is 9.23. The van der Waals surface area contributed by atoms with Gasteiger partial charge < -0.3 is 20.4 Å². The maximum atomic E-state index is 12.9. The van der Waals surface area contributed by atoms with Crippen molar-refractivity contribution in [2.24, 2.45) is 0 Å². The lowest BCUT2D eigenvalue weighted by Crippen LogP contribution is -2.56. The number of halogens is 1. The average Bonchev–Trinajstić information content (AvgIpc) is 2.66. The molecule has 0 radical (unpaired) electrons. The molecule has 4 amide bonds. The predicted molar refractivity (Wildman–Crippen MR) is 99.3 cm³/mol. The van der Waals surface area contributed by atoms with Crippen molar-refractivity contribution in [3.63, 3.8) is 0 Å². The monoisotopic (exact) mass is 378 g/mol. The fourth-order valence-electron chi connectivity index (χ4n) is 3.00. The van der Waals surface area contributed by atoms with E-state index in [4.69, 9.17) is 0 Å². The van der Waals surface area contributed by atoms with Gasteiger partial charge in [-0.2, -0.15) is 0 Å². The Labute approximate surface area is 158 Å². The van der Waals surface area contributed by atoms with Gasteiger partial charge in [-0.3, -0.25) is 9.59 Å². The van der Waals surface area contributed by atoms with Gasteiger partial charge in [0.1, 0.15) is 11.9 Å². The number of piperazine rings is 1. The first-order chi connectivity index (χ1) is 12.9. The molecule has 8 heteroatoms. The van der Waals surface area contributed by atoms with Crippen molar-refractivity contribution in [2.75, 3.05) is 26.2 Å². The summed E-state index contributed by atoms with van der Waals surface area (Å²) < 4.78 is 12.9. The van der Waals surface area contributed by atoms with Crippen molar-refractivity contribution in [1.82, 2.24) is 20.4 Å². The van der Waals surface area contributed by atoms with Gasteiger partial charge in [0.25, 0.3) is 0 Å². The summed E-state index contributed by atoms with van der Waals surface area (Å²) in [6.07, 6.45) is 1.29. The summed E-state index contributed by atoms with van der Waals surface area (Å²) in [6, 6.07) is 4.82. The number of rotatable bonds is 6. The van der Waals surface area contributed by atoms with Crippen molar-refractivity contribution in [3.8, 4) is 0 Å². The van der Waals surface area contributed by atoms with E-state index in [1.165, 1.54) is 19.1 Å². The van der Waals surface area contributed by atoms with Gasteiger partial charge in [-0.05, 0) is 24.1 Å². The molecule has 1 unspecified atom stereocenters. The van der Waals surface area contributed by atoms with E-state index in [1.54, 1.807) is 21.9 Å². The maximum absolute atomic E-state index is 12.9. The molecule has 0 saturated carbocycles. The Morgan fingerprint density at radius 2 is 1.67 bits per heavy atom. The predicted octanol–water partition coefficient (Wildman–Crippen LogP) is 1.48. The number of hydrogen-bond donors (Lipinski definition) is 2. The molecule has 2 N–H and O–H groups in total. The number of urea groups is 1. The molecule has 2 rings (SSSR count). The van der Waals surface area contributed by atoms with Crippen LogP contribution in [0.5, 0.6) is 0 Å². The molecule has 1 heterocycles. The molecule has 27 heavy (non-hydrogen) atoms. The molecule has 0 aromatic heterocycles. The van der Waals surface area contributed by atoms with Crippen molar-refractivity contribution in [1.29, 1.82) is 0 Å². The zero-order valence-electron chi connectivity index (χ0n) is 15.8. The van der Waals surface area contributed by atoms with Crippen LogP contribution in [-0.2, 0) is 16.1 Å². The summed E-state index contributed by atoms with van der Waals surface area (Å²) in [5, 5.41) is 5.43. The standard InChI is InChI=1S/C19H27FN4O3/c1-3-4-17(18(26)24-11-9-23(10-12-24)14(2)25)22-19(27)21-13-15-5-7-16(20)8-6-15/h5-8,17H,3-4,9-13H2,1-2H3,(H2,21,22,27). The number of nitrogens with zero attached hydrogens (tertiary/aromatic N) is 2. The third-order valence-corrected chi connectivity index (χ3v) is 4.58. The first kappa shape index (κ1) is 20.7. The SMILES string of the molecule is CCCC(NC(=O)NCc1ccc(F)cc1)C(=O)N1CCN(C(C)=O)CC1. The van der Waals surface area contributed by atoms with Crippen LogP contribution >= 0.6 is 0 Å². The molecule has 148 valence electrons. The summed E-state index contributed by atoms with van der Waals surface area (Å²) in [4.78, 5) is 39.7. The second-order valence-corrected chi connectivity index (χ2v) is 6.63. The summed E-state index contributed by atoms with van der Waals surface area (Å²) in [6.45, 7) is 5.68. The highest BCUT2D eigenvalue weighted by Gasteiger charge is 2.28. The van der Waals surface area contributed by atoms with Crippen LogP contribution < -0.4 is 10.6 Å². The fraction of sp³-hybridized carbons (Fsp3) is 0.526. The highest BCUT2D eigenvalue weighted by Crippen LogP contribution is 2.08. The van der Waals surface area contributed by atoms with E-state index in [1.807, 2.05) is 6.92 Å². The number of benzene rings is 1. The van der Waals surface area contributed by atoms with E-state index in [0.29, 0.717) is 32.6 Å². The first-order valence-electron chi connectivity index (χ1n) is 9.23. The van der Waals surface area contributed by atoms with E-state index in [0.717, 1.165) is 12.0 Å². The summed E-state index contributed by atoms with van der Waals surface area (Å²) in [7, 11) is 0. The molecular formula is C19H27FN4O3. The topological polar surface area (TPSA) is 81.8 Å². The Morgan fingerprint density at radius 3 is 2.22 bits per heavy atom. The van der Waals surface area contributed by atoms with Gasteiger partial charge in [-0.1, -0.05) is 25.5 Å². The van der Waals surface area contributed by atoms with Crippen molar-refractivity contribution >= 4 is 17.8 Å². The van der Waals surface area contributed by atoms with Gasteiger partial charge in [0.05, 0.1) is 0 Å². The van der Waals surface area contributed by atoms with E-state index in [2.05, 4.69) is 10.6 Å². The molecular weight excluding hydrogens is 351 g/mol. The molecule has 0 bridgehead atoms. The van der Waals surface area contributed by atoms with Crippen LogP contribution in [0.4, 0.5) is 9.18 Å². The van der Waals surface area contributed by atoms with Crippen LogP contribution in [0.1, 0.15) is 32.3 Å². The Balaban J connectivity index is 1.86. The van der Waals surface area contributed by atoms with Gasteiger partial charge in [0.15, 0.2) is 0 Å². The van der Waals surface area contributed by atoms with Gasteiger partial charge in [-0.25, -0.2) is 9.18 Å². The third-order valence-electron chi connectivity index (χ3n) is 4.58. The lowest BCUT2D eigenvalue weighted by molar-refractivity contribution is -0.139. The average molecular weight is 378 g/mol. The highest BCUT2D eigenvalue weighted by atomic mass is 19.1. The normalized spacial score (nSPS) is 15.2. The van der Waals surface area contributed by atoms with Gasteiger partial charge >= 0.3 is 6.03 Å². The Bertz CT molecular complexity index is 657. The number of nitrogens with one attached hydrogen (secondary N) is 2. The Morgan fingerprint density at radius 1 is 1.07 bits per heavy atom. The van der Waals surface area contributed by atoms with E-state index in [-0.39, 0.29) is 24.2 Å². The van der Waals surface area contributed by atoms with Crippen LogP contribution in [0.3, 0.4) is 0 Å². The van der Waals surface area contributed by atoms with Crippen LogP contribution in [0, 0.1) is 5.82 Å². The Kier molecular flexibility index (Phi) is 7.57. The summed E-state index contributed by atoms with van der Waals surface area (Å²) >= 11 is 0. The van der Waals surface area contributed by atoms with Crippen LogP contribution in [0.25, 0.3) is 0 Å². The second kappa shape index (κ2) is 9.89. The lowest BCUT2D eigenvalue weighted by Gasteiger charge is -2.36. The van der Waals surface area contributed by atoms with Crippen LogP contribution in [-0.4, -0.2) is 59.9 Å². The third kappa shape index (κ3) is 6.23. The minimum absolute atomic E-state index is 0.00510. The molecule has 1 aliphatic heterocycles. The summed E-state index contributed by atoms with van der Waals surface area (Å²) in [5.41, 5.74) is 0.769. The number of carbonyl (C=O) groups is 3. The van der Waals surface area contributed by atoms with Crippen LogP contribution in [0.15, 0.2) is 24.3 Å². The zero-order chi connectivity index (χ0) is 19.8. The van der Waals surface area contributed by atoms with E-state index >= 15 is 0 Å². The molecule has 0 spiro atoms. The number of hydrogen-bond acceptors (Lipinski definition) is 3. The smallest absolute Gasteiger partial charge is 0.315 e. The van der Waals surface area contributed by atoms with E-state index in [9.17, 15) is 18.8 Å². The van der Waals surface area contributed by atoms with Crippen molar-refractivity contribution < 1.29 is 18.8 Å². The molecule has 1 aromatic rings. The zero-order valence-corrected chi connectivity index (χ0v) is 15.8. The molecule has 1 atom stereocenters. The quantitative estimate of drug-likeness (QED) is 0.787. The minimum Gasteiger partial charge on any atom is -0.339 e. The molecule has 7 nitrogen and oxygen atoms in total. The molecule has 1 fully saturated rings. The van der Waals surface area contributed by atoms with Gasteiger partial charge in [0.2, 0.25) is 11.8 Å². The highest BCUT2D eigenvalue weighted by molar-refractivity contribution is 5.87. The van der Waals surface area contributed by atoms with Gasteiger partial charge in [-0.15, -0.1) is 0 Å². The largest absolute Gasteiger partial charge is 0.339 e. The molecule has 0 aliphatic carbocycles. The molecule has 1 aromatic carbocycles.